The van der Waals surface area contributed by atoms with Crippen LogP contribution in [0.25, 0.3) is 0 Å². The van der Waals surface area contributed by atoms with Gasteiger partial charge < -0.3 is 14.2 Å². The molecule has 0 spiro atoms. The summed E-state index contributed by atoms with van der Waals surface area (Å²) in [5.74, 6) is 0.695. The van der Waals surface area contributed by atoms with E-state index in [2.05, 4.69) is 4.98 Å². The highest BCUT2D eigenvalue weighted by molar-refractivity contribution is 7.92. The van der Waals surface area contributed by atoms with E-state index in [9.17, 15) is 13.2 Å². The molecule has 40 heavy (non-hydrogen) atoms. The summed E-state index contributed by atoms with van der Waals surface area (Å²) >= 11 is 0. The first-order valence-corrected chi connectivity index (χ1v) is 15.1. The average molecular weight is 569 g/mol. The van der Waals surface area contributed by atoms with Gasteiger partial charge in [-0.15, -0.1) is 0 Å². The van der Waals surface area contributed by atoms with Crippen LogP contribution in [0.1, 0.15) is 50.5 Å². The van der Waals surface area contributed by atoms with Crippen molar-refractivity contribution in [2.75, 3.05) is 7.11 Å². The number of aryl methyl sites for hydroxylation is 1. The SMILES string of the molecule is COc1ccc(S(=O)(=O)C(CCCCc2ccccc2)CC(=O)NO)cc1O[C@H]1CC[C@@H](Oc2cccnc2)C1. The summed E-state index contributed by atoms with van der Waals surface area (Å²) in [4.78, 5) is 16.1. The lowest BCUT2D eigenvalue weighted by molar-refractivity contribution is -0.129. The fourth-order valence-electron chi connectivity index (χ4n) is 4.99. The maximum Gasteiger partial charge on any atom is 0.244 e. The summed E-state index contributed by atoms with van der Waals surface area (Å²) in [6.45, 7) is 0. The zero-order chi connectivity index (χ0) is 28.4. The van der Waals surface area contributed by atoms with Gasteiger partial charge in [0.15, 0.2) is 21.3 Å². The van der Waals surface area contributed by atoms with E-state index >= 15 is 0 Å². The highest BCUT2D eigenvalue weighted by atomic mass is 32.2. The third kappa shape index (κ3) is 7.95. The number of hydroxylamine groups is 1. The first-order valence-electron chi connectivity index (χ1n) is 13.5. The molecule has 1 heterocycles. The van der Waals surface area contributed by atoms with Crippen molar-refractivity contribution in [1.29, 1.82) is 0 Å². The molecular weight excluding hydrogens is 532 g/mol. The number of nitrogens with one attached hydrogen (secondary N) is 1. The van der Waals surface area contributed by atoms with Crippen LogP contribution in [-0.2, 0) is 21.1 Å². The van der Waals surface area contributed by atoms with Crippen molar-refractivity contribution < 1.29 is 32.6 Å². The monoisotopic (exact) mass is 568 g/mol. The third-order valence-electron chi connectivity index (χ3n) is 7.09. The van der Waals surface area contributed by atoms with Gasteiger partial charge in [-0.1, -0.05) is 36.8 Å². The molecular formula is C30H36N2O7S. The van der Waals surface area contributed by atoms with Crippen LogP contribution in [0, 0.1) is 0 Å². The molecule has 10 heteroatoms. The van der Waals surface area contributed by atoms with Gasteiger partial charge in [-0.25, -0.2) is 13.9 Å². The zero-order valence-electron chi connectivity index (χ0n) is 22.6. The summed E-state index contributed by atoms with van der Waals surface area (Å²) in [5, 5.41) is 8.08. The number of carbonyl (C=O) groups excluding carboxylic acids is 1. The fraction of sp³-hybridized carbons (Fsp3) is 0.400. The Morgan fingerprint density at radius 1 is 1.02 bits per heavy atom. The van der Waals surface area contributed by atoms with E-state index in [1.54, 1.807) is 23.9 Å². The molecule has 9 nitrogen and oxygen atoms in total. The first-order chi connectivity index (χ1) is 19.4. The number of sulfone groups is 1. The predicted molar refractivity (Wildman–Crippen MR) is 149 cm³/mol. The Morgan fingerprint density at radius 3 is 2.50 bits per heavy atom. The fourth-order valence-corrected chi connectivity index (χ4v) is 6.75. The van der Waals surface area contributed by atoms with E-state index < -0.39 is 21.0 Å². The summed E-state index contributed by atoms with van der Waals surface area (Å²) in [7, 11) is -2.42. The molecule has 214 valence electrons. The normalized spacial score (nSPS) is 17.6. The van der Waals surface area contributed by atoms with Gasteiger partial charge >= 0.3 is 0 Å². The Kier molecular flexibility index (Phi) is 10.4. The average Bonchev–Trinajstić information content (AvgIpc) is 3.41. The highest BCUT2D eigenvalue weighted by Crippen LogP contribution is 2.36. The van der Waals surface area contributed by atoms with Gasteiger partial charge in [0.05, 0.1) is 23.5 Å². The number of carbonyl (C=O) groups is 1. The Balaban J connectivity index is 1.44. The lowest BCUT2D eigenvalue weighted by Gasteiger charge is -2.20. The topological polar surface area (TPSA) is 124 Å². The summed E-state index contributed by atoms with van der Waals surface area (Å²) < 4.78 is 45.1. The molecule has 1 aromatic heterocycles. The Morgan fingerprint density at radius 2 is 1.80 bits per heavy atom. The number of nitrogens with zero attached hydrogens (tertiary/aromatic N) is 1. The van der Waals surface area contributed by atoms with Crippen molar-refractivity contribution in [1.82, 2.24) is 10.5 Å². The van der Waals surface area contributed by atoms with Gasteiger partial charge in [0, 0.05) is 25.1 Å². The quantitative estimate of drug-likeness (QED) is 0.160. The van der Waals surface area contributed by atoms with Crippen LogP contribution in [-0.4, -0.2) is 49.1 Å². The second-order valence-electron chi connectivity index (χ2n) is 9.93. The highest BCUT2D eigenvalue weighted by Gasteiger charge is 2.32. The van der Waals surface area contributed by atoms with Gasteiger partial charge in [-0.05, 0) is 61.9 Å². The largest absolute Gasteiger partial charge is 0.493 e. The van der Waals surface area contributed by atoms with Crippen molar-refractivity contribution in [3.8, 4) is 17.2 Å². The van der Waals surface area contributed by atoms with Gasteiger partial charge in [-0.3, -0.25) is 15.0 Å². The van der Waals surface area contributed by atoms with Gasteiger partial charge in [0.1, 0.15) is 18.0 Å². The number of amides is 1. The molecule has 4 rings (SSSR count). The standard InChI is InChI=1S/C30H36N2O7S/c1-37-28-16-15-27(19-29(28)39-24-14-13-23(18-24)38-25-11-7-17-31-21-25)40(35,36)26(20-30(33)32-34)12-6-5-10-22-8-3-2-4-9-22/h2-4,7-9,11,15-17,19,21,23-24,26,34H,5-6,10,12-14,18,20H2,1H3,(H,32,33)/t23-,24+,26?/m1/s1. The minimum Gasteiger partial charge on any atom is -0.493 e. The van der Waals surface area contributed by atoms with Crippen LogP contribution >= 0.6 is 0 Å². The van der Waals surface area contributed by atoms with E-state index in [0.29, 0.717) is 30.1 Å². The molecule has 1 fully saturated rings. The van der Waals surface area contributed by atoms with E-state index in [1.807, 2.05) is 42.5 Å². The van der Waals surface area contributed by atoms with Crippen molar-refractivity contribution in [2.45, 2.75) is 73.7 Å². The number of unbranched alkanes of at least 4 members (excludes halogenated alkanes) is 1. The number of hydrogen-bond donors (Lipinski definition) is 2. The lowest BCUT2D eigenvalue weighted by Crippen LogP contribution is -2.30. The number of ether oxygens (including phenoxy) is 3. The summed E-state index contributed by atoms with van der Waals surface area (Å²) in [6.07, 6.45) is 7.44. The molecule has 0 saturated heterocycles. The second kappa shape index (κ2) is 14.1. The third-order valence-corrected chi connectivity index (χ3v) is 9.28. The van der Waals surface area contributed by atoms with E-state index in [4.69, 9.17) is 19.4 Å². The lowest BCUT2D eigenvalue weighted by atomic mass is 10.1. The molecule has 1 amide bonds. The van der Waals surface area contributed by atoms with Crippen molar-refractivity contribution in [3.05, 3.63) is 78.6 Å². The number of methoxy groups -OCH3 is 1. The Hall–Kier alpha value is -3.63. The smallest absolute Gasteiger partial charge is 0.244 e. The van der Waals surface area contributed by atoms with E-state index in [0.717, 1.165) is 25.7 Å². The van der Waals surface area contributed by atoms with Crippen LogP contribution in [0.5, 0.6) is 17.2 Å². The molecule has 0 bridgehead atoms. The zero-order valence-corrected chi connectivity index (χ0v) is 23.4. The van der Waals surface area contributed by atoms with Crippen LogP contribution in [0.3, 0.4) is 0 Å². The first kappa shape index (κ1) is 29.4. The van der Waals surface area contributed by atoms with E-state index in [1.165, 1.54) is 24.8 Å². The van der Waals surface area contributed by atoms with Crippen molar-refractivity contribution in [3.63, 3.8) is 0 Å². The van der Waals surface area contributed by atoms with Gasteiger partial charge in [-0.2, -0.15) is 0 Å². The molecule has 2 aromatic carbocycles. The molecule has 3 atom stereocenters. The van der Waals surface area contributed by atoms with Crippen LogP contribution in [0.4, 0.5) is 0 Å². The number of rotatable bonds is 14. The van der Waals surface area contributed by atoms with Gasteiger partial charge in [0.2, 0.25) is 5.91 Å². The Bertz CT molecular complexity index is 1340. The number of benzene rings is 2. The molecule has 0 aliphatic heterocycles. The molecule has 1 aliphatic carbocycles. The number of hydrogen-bond acceptors (Lipinski definition) is 8. The molecule has 1 aliphatic rings. The molecule has 3 aromatic rings. The van der Waals surface area contributed by atoms with Crippen LogP contribution in [0.2, 0.25) is 0 Å². The minimum atomic E-state index is -3.92. The number of pyridine rings is 1. The maximum absolute atomic E-state index is 13.7. The molecule has 0 radical (unpaired) electrons. The van der Waals surface area contributed by atoms with Crippen LogP contribution in [0.15, 0.2) is 78.0 Å². The predicted octanol–water partition coefficient (Wildman–Crippen LogP) is 4.92. The van der Waals surface area contributed by atoms with Crippen molar-refractivity contribution in [2.24, 2.45) is 0 Å². The van der Waals surface area contributed by atoms with Crippen LogP contribution < -0.4 is 19.7 Å². The molecule has 1 saturated carbocycles. The van der Waals surface area contributed by atoms with E-state index in [-0.39, 0.29) is 29.9 Å². The Labute approximate surface area is 235 Å². The molecule has 1 unspecified atom stereocenters. The minimum absolute atomic E-state index is 0.0376. The van der Waals surface area contributed by atoms with Gasteiger partial charge in [0.25, 0.3) is 0 Å². The molecule has 2 N–H and O–H groups in total. The summed E-state index contributed by atoms with van der Waals surface area (Å²) in [6, 6.07) is 18.1. The summed E-state index contributed by atoms with van der Waals surface area (Å²) in [5.41, 5.74) is 2.74. The van der Waals surface area contributed by atoms with Crippen molar-refractivity contribution >= 4 is 15.7 Å². The second-order valence-corrected chi connectivity index (χ2v) is 12.2. The number of aromatic nitrogens is 1. The maximum atomic E-state index is 13.7.